The fourth-order valence-electron chi connectivity index (χ4n) is 2.54. The van der Waals surface area contributed by atoms with Gasteiger partial charge in [0.1, 0.15) is 0 Å². The molecule has 21 heavy (non-hydrogen) atoms. The molecule has 0 saturated heterocycles. The zero-order chi connectivity index (χ0) is 15.6. The number of hydrogen-bond acceptors (Lipinski definition) is 3. The largest absolute Gasteiger partial charge is 0.392 e. The molecule has 0 bridgehead atoms. The van der Waals surface area contributed by atoms with Crippen molar-refractivity contribution in [2.75, 3.05) is 13.1 Å². The van der Waals surface area contributed by atoms with Crippen LogP contribution in [0.25, 0.3) is 0 Å². The van der Waals surface area contributed by atoms with Gasteiger partial charge in [0, 0.05) is 13.1 Å². The van der Waals surface area contributed by atoms with Gasteiger partial charge < -0.3 is 5.11 Å². The lowest BCUT2D eigenvalue weighted by Gasteiger charge is -2.23. The van der Waals surface area contributed by atoms with Crippen molar-refractivity contribution >= 4 is 10.0 Å². The van der Waals surface area contributed by atoms with Gasteiger partial charge >= 0.3 is 0 Å². The number of aliphatic hydroxyl groups is 1. The van der Waals surface area contributed by atoms with Crippen LogP contribution in [0.5, 0.6) is 0 Å². The summed E-state index contributed by atoms with van der Waals surface area (Å²) in [6.07, 6.45) is 3.07. The lowest BCUT2D eigenvalue weighted by Crippen LogP contribution is -2.34. The summed E-state index contributed by atoms with van der Waals surface area (Å²) in [7, 11) is -3.48. The lowest BCUT2D eigenvalue weighted by molar-refractivity contribution is 0.281. The van der Waals surface area contributed by atoms with Crippen LogP contribution in [-0.2, 0) is 16.6 Å². The Morgan fingerprint density at radius 2 is 1.95 bits per heavy atom. The highest BCUT2D eigenvalue weighted by Crippen LogP contribution is 2.32. The van der Waals surface area contributed by atoms with Crippen molar-refractivity contribution < 1.29 is 13.5 Å². The highest BCUT2D eigenvalue weighted by Gasteiger charge is 2.32. The molecule has 1 aliphatic rings. The number of benzene rings is 1. The lowest BCUT2D eigenvalue weighted by atomic mass is 10.1. The van der Waals surface area contributed by atoms with Gasteiger partial charge in [-0.3, -0.25) is 0 Å². The minimum atomic E-state index is -3.48. The third-order valence-corrected chi connectivity index (χ3v) is 6.10. The molecule has 1 N–H and O–H groups in total. The molecule has 0 unspecified atom stereocenters. The Hall–Kier alpha value is -0.910. The number of rotatable bonds is 7. The number of nitrogens with zero attached hydrogens (tertiary/aromatic N) is 1. The first-order valence-electron chi connectivity index (χ1n) is 7.61. The molecule has 2 rings (SSSR count). The van der Waals surface area contributed by atoms with E-state index in [2.05, 4.69) is 0 Å². The Labute approximate surface area is 127 Å². The first-order chi connectivity index (χ1) is 9.90. The summed E-state index contributed by atoms with van der Waals surface area (Å²) in [4.78, 5) is 0.348. The summed E-state index contributed by atoms with van der Waals surface area (Å²) in [5.41, 5.74) is 2.34. The minimum Gasteiger partial charge on any atom is -0.392 e. The fourth-order valence-corrected chi connectivity index (χ4v) is 4.50. The highest BCUT2D eigenvalue weighted by atomic mass is 32.2. The molecule has 0 aliphatic heterocycles. The SMILES string of the molecule is CCCN(CC1CC1)S(=O)(=O)c1cc(CO)cc(C)c1C. The van der Waals surface area contributed by atoms with Crippen LogP contribution >= 0.6 is 0 Å². The average Bonchev–Trinajstić information content (AvgIpc) is 3.25. The molecule has 1 fully saturated rings. The summed E-state index contributed by atoms with van der Waals surface area (Å²) in [6, 6.07) is 3.46. The molecule has 0 atom stereocenters. The van der Waals surface area contributed by atoms with Crippen molar-refractivity contribution in [2.24, 2.45) is 5.92 Å². The van der Waals surface area contributed by atoms with Crippen LogP contribution in [0, 0.1) is 19.8 Å². The van der Waals surface area contributed by atoms with E-state index in [1.807, 2.05) is 26.8 Å². The van der Waals surface area contributed by atoms with Crippen LogP contribution in [0.4, 0.5) is 0 Å². The Balaban J connectivity index is 2.42. The van der Waals surface area contributed by atoms with Crippen LogP contribution in [0.1, 0.15) is 42.9 Å². The molecule has 1 aromatic rings. The number of hydrogen-bond donors (Lipinski definition) is 1. The molecule has 4 nitrogen and oxygen atoms in total. The maximum absolute atomic E-state index is 13.0. The van der Waals surface area contributed by atoms with Crippen molar-refractivity contribution in [1.82, 2.24) is 4.31 Å². The molecule has 1 saturated carbocycles. The molecule has 0 heterocycles. The third kappa shape index (κ3) is 3.65. The molecular weight excluding hydrogens is 286 g/mol. The van der Waals surface area contributed by atoms with Gasteiger partial charge in [0.15, 0.2) is 0 Å². The van der Waals surface area contributed by atoms with E-state index in [9.17, 15) is 13.5 Å². The molecular formula is C16H25NO3S. The van der Waals surface area contributed by atoms with Gasteiger partial charge in [-0.1, -0.05) is 13.0 Å². The summed E-state index contributed by atoms with van der Waals surface area (Å²) >= 11 is 0. The first kappa shape index (κ1) is 16.5. The van der Waals surface area contributed by atoms with Crippen LogP contribution in [0.3, 0.4) is 0 Å². The van der Waals surface area contributed by atoms with Crippen LogP contribution in [0.15, 0.2) is 17.0 Å². The summed E-state index contributed by atoms with van der Waals surface area (Å²) in [5.74, 6) is 0.522. The predicted octanol–water partition coefficient (Wildman–Crippen LogP) is 2.61. The normalized spacial score (nSPS) is 15.7. The molecule has 0 aromatic heterocycles. The van der Waals surface area contributed by atoms with Gasteiger partial charge in [-0.05, 0) is 61.8 Å². The highest BCUT2D eigenvalue weighted by molar-refractivity contribution is 7.89. The fraction of sp³-hybridized carbons (Fsp3) is 0.625. The van der Waals surface area contributed by atoms with Crippen LogP contribution in [0.2, 0.25) is 0 Å². The van der Waals surface area contributed by atoms with Gasteiger partial charge in [0.05, 0.1) is 11.5 Å². The molecule has 5 heteroatoms. The summed E-state index contributed by atoms with van der Waals surface area (Å²) in [6.45, 7) is 6.76. The quantitative estimate of drug-likeness (QED) is 0.842. The Morgan fingerprint density at radius 1 is 1.29 bits per heavy atom. The van der Waals surface area contributed by atoms with Crippen molar-refractivity contribution in [3.63, 3.8) is 0 Å². The zero-order valence-corrected chi connectivity index (χ0v) is 13.9. The Morgan fingerprint density at radius 3 is 2.48 bits per heavy atom. The van der Waals surface area contributed by atoms with Crippen molar-refractivity contribution in [2.45, 2.75) is 51.5 Å². The van der Waals surface area contributed by atoms with Gasteiger partial charge in [0.25, 0.3) is 0 Å². The van der Waals surface area contributed by atoms with E-state index in [1.165, 1.54) is 0 Å². The van der Waals surface area contributed by atoms with E-state index in [1.54, 1.807) is 10.4 Å². The third-order valence-electron chi connectivity index (χ3n) is 4.11. The van der Waals surface area contributed by atoms with E-state index in [0.717, 1.165) is 30.4 Å². The molecule has 118 valence electrons. The second-order valence-corrected chi connectivity index (χ2v) is 7.91. The molecule has 0 amide bonds. The second-order valence-electron chi connectivity index (χ2n) is 6.00. The molecule has 1 aliphatic carbocycles. The smallest absolute Gasteiger partial charge is 0.243 e. The minimum absolute atomic E-state index is 0.139. The first-order valence-corrected chi connectivity index (χ1v) is 9.05. The van der Waals surface area contributed by atoms with Gasteiger partial charge in [-0.2, -0.15) is 4.31 Å². The van der Waals surface area contributed by atoms with Gasteiger partial charge in [-0.25, -0.2) is 8.42 Å². The topological polar surface area (TPSA) is 57.6 Å². The second kappa shape index (κ2) is 6.46. The molecule has 1 aromatic carbocycles. The van der Waals surface area contributed by atoms with E-state index in [0.29, 0.717) is 29.5 Å². The maximum Gasteiger partial charge on any atom is 0.243 e. The van der Waals surface area contributed by atoms with E-state index in [4.69, 9.17) is 0 Å². The van der Waals surface area contributed by atoms with Gasteiger partial charge in [0.2, 0.25) is 10.0 Å². The number of aryl methyl sites for hydroxylation is 1. The van der Waals surface area contributed by atoms with E-state index >= 15 is 0 Å². The van der Waals surface area contributed by atoms with Crippen LogP contribution < -0.4 is 0 Å². The predicted molar refractivity (Wildman–Crippen MR) is 83.6 cm³/mol. The molecule has 0 spiro atoms. The number of sulfonamides is 1. The Bertz CT molecular complexity index is 606. The average molecular weight is 311 g/mol. The maximum atomic E-state index is 13.0. The number of aliphatic hydroxyl groups excluding tert-OH is 1. The monoisotopic (exact) mass is 311 g/mol. The molecule has 0 radical (unpaired) electrons. The van der Waals surface area contributed by atoms with E-state index < -0.39 is 10.0 Å². The summed E-state index contributed by atoms with van der Waals surface area (Å²) in [5, 5.41) is 9.33. The Kier molecular flexibility index (Phi) is 5.07. The van der Waals surface area contributed by atoms with Crippen molar-refractivity contribution in [3.05, 3.63) is 28.8 Å². The zero-order valence-electron chi connectivity index (χ0n) is 13.1. The van der Waals surface area contributed by atoms with Crippen molar-refractivity contribution in [3.8, 4) is 0 Å². The van der Waals surface area contributed by atoms with Crippen molar-refractivity contribution in [1.29, 1.82) is 0 Å². The standard InChI is InChI=1S/C16H25NO3S/c1-4-7-17(10-14-5-6-14)21(19,20)16-9-15(11-18)8-12(2)13(16)3/h8-9,14,18H,4-7,10-11H2,1-3H3. The van der Waals surface area contributed by atoms with E-state index in [-0.39, 0.29) is 6.61 Å². The van der Waals surface area contributed by atoms with Crippen LogP contribution in [-0.4, -0.2) is 30.9 Å². The summed E-state index contributed by atoms with van der Waals surface area (Å²) < 4.78 is 27.6. The van der Waals surface area contributed by atoms with Gasteiger partial charge in [-0.15, -0.1) is 0 Å².